The molecule has 0 amide bonds. The summed E-state index contributed by atoms with van der Waals surface area (Å²) in [5.74, 6) is 0.706. The van der Waals surface area contributed by atoms with Crippen molar-refractivity contribution in [1.29, 1.82) is 0 Å². The molecule has 0 spiro atoms. The summed E-state index contributed by atoms with van der Waals surface area (Å²) in [6.45, 7) is 3.65. The van der Waals surface area contributed by atoms with Crippen LogP contribution >= 0.6 is 0 Å². The maximum atomic E-state index is 12.9. The summed E-state index contributed by atoms with van der Waals surface area (Å²) in [5, 5.41) is 9.89. The van der Waals surface area contributed by atoms with Crippen molar-refractivity contribution in [2.75, 3.05) is 13.2 Å². The van der Waals surface area contributed by atoms with Gasteiger partial charge in [0.15, 0.2) is 11.5 Å². The van der Waals surface area contributed by atoms with Gasteiger partial charge in [0, 0.05) is 5.56 Å². The lowest BCUT2D eigenvalue weighted by atomic mass is 9.92. The molecule has 0 bridgehead atoms. The summed E-state index contributed by atoms with van der Waals surface area (Å²) in [7, 11) is 0. The van der Waals surface area contributed by atoms with Gasteiger partial charge in [-0.05, 0) is 31.5 Å². The fourth-order valence-electron chi connectivity index (χ4n) is 1.81. The van der Waals surface area contributed by atoms with Gasteiger partial charge >= 0.3 is 0 Å². The third kappa shape index (κ3) is 2.34. The van der Waals surface area contributed by atoms with Crippen molar-refractivity contribution >= 4 is 0 Å². The molecular weight excluding hydrogens is 230 g/mol. The van der Waals surface area contributed by atoms with Crippen molar-refractivity contribution in [2.45, 2.75) is 25.9 Å². The zero-order valence-electron chi connectivity index (χ0n) is 9.67. The lowest BCUT2D eigenvalue weighted by Gasteiger charge is -2.26. The molecule has 0 fully saturated rings. The Morgan fingerprint density at radius 2 is 1.71 bits per heavy atom. The quantitative estimate of drug-likeness (QED) is 0.869. The molecule has 2 rings (SSSR count). The number of fused-ring (bicyclic) bond motifs is 1. The molecule has 0 unspecified atom stereocenters. The van der Waals surface area contributed by atoms with E-state index in [1.165, 1.54) is 26.0 Å². The van der Waals surface area contributed by atoms with E-state index < -0.39 is 12.0 Å². The third-order valence-corrected chi connectivity index (χ3v) is 2.61. The van der Waals surface area contributed by atoms with Crippen LogP contribution in [0.2, 0.25) is 0 Å². The first kappa shape index (κ1) is 12.1. The van der Waals surface area contributed by atoms with Crippen LogP contribution in [0.25, 0.3) is 0 Å². The van der Waals surface area contributed by atoms with E-state index in [-0.39, 0.29) is 11.1 Å². The summed E-state index contributed by atoms with van der Waals surface area (Å²) < 4.78 is 36.4. The Morgan fingerprint density at radius 3 is 2.18 bits per heavy atom. The van der Waals surface area contributed by atoms with Crippen LogP contribution in [0.1, 0.15) is 31.4 Å². The highest BCUT2D eigenvalue weighted by atomic mass is 19.3. The molecule has 1 aromatic carbocycles. The second kappa shape index (κ2) is 4.14. The molecule has 5 heteroatoms. The van der Waals surface area contributed by atoms with E-state index in [2.05, 4.69) is 0 Å². The maximum Gasteiger partial charge on any atom is 0.264 e. The number of alkyl halides is 2. The lowest BCUT2D eigenvalue weighted by Crippen LogP contribution is -2.21. The number of halogens is 2. The van der Waals surface area contributed by atoms with E-state index in [0.29, 0.717) is 24.7 Å². The van der Waals surface area contributed by atoms with Gasteiger partial charge in [0.05, 0.1) is 5.60 Å². The predicted octanol–water partition coefficient (Wildman–Crippen LogP) is 2.62. The summed E-state index contributed by atoms with van der Waals surface area (Å²) in [6.07, 6.45) is -2.66. The molecule has 0 saturated carbocycles. The van der Waals surface area contributed by atoms with Gasteiger partial charge in [0.1, 0.15) is 13.2 Å². The molecule has 3 nitrogen and oxygen atoms in total. The Labute approximate surface area is 98.0 Å². The normalized spacial score (nSPS) is 15.2. The fourth-order valence-corrected chi connectivity index (χ4v) is 1.81. The Morgan fingerprint density at radius 1 is 1.18 bits per heavy atom. The van der Waals surface area contributed by atoms with Crippen LogP contribution in [0.4, 0.5) is 8.78 Å². The minimum absolute atomic E-state index is 0.164. The molecule has 94 valence electrons. The average molecular weight is 244 g/mol. The number of rotatable bonds is 2. The standard InChI is InChI=1S/C12H14F2O3/c1-12(2,15)8-6-10-9(16-3-4-17-10)5-7(8)11(13)14/h5-6,11,15H,3-4H2,1-2H3. The van der Waals surface area contributed by atoms with E-state index in [1.807, 2.05) is 0 Å². The molecule has 1 aromatic rings. The molecule has 0 aliphatic carbocycles. The molecule has 17 heavy (non-hydrogen) atoms. The zero-order valence-corrected chi connectivity index (χ0v) is 9.67. The van der Waals surface area contributed by atoms with Gasteiger partial charge in [0.25, 0.3) is 6.43 Å². The first-order valence-electron chi connectivity index (χ1n) is 5.34. The van der Waals surface area contributed by atoms with Crippen molar-refractivity contribution < 1.29 is 23.4 Å². The molecule has 1 heterocycles. The van der Waals surface area contributed by atoms with Gasteiger partial charge in [-0.15, -0.1) is 0 Å². The van der Waals surface area contributed by atoms with Gasteiger partial charge in [-0.2, -0.15) is 0 Å². The van der Waals surface area contributed by atoms with E-state index in [1.54, 1.807) is 0 Å². The van der Waals surface area contributed by atoms with Crippen molar-refractivity contribution in [2.24, 2.45) is 0 Å². The van der Waals surface area contributed by atoms with Crippen LogP contribution < -0.4 is 9.47 Å². The molecule has 1 aliphatic heterocycles. The first-order chi connectivity index (χ1) is 7.89. The zero-order chi connectivity index (χ0) is 12.6. The molecular formula is C12H14F2O3. The summed E-state index contributed by atoms with van der Waals surface area (Å²) in [4.78, 5) is 0. The Hall–Kier alpha value is -1.36. The smallest absolute Gasteiger partial charge is 0.264 e. The number of hydrogen-bond acceptors (Lipinski definition) is 3. The highest BCUT2D eigenvalue weighted by Gasteiger charge is 2.28. The SMILES string of the molecule is CC(C)(O)c1cc2c(cc1C(F)F)OCCO2. The molecule has 1 aliphatic rings. The Balaban J connectivity index is 2.56. The van der Waals surface area contributed by atoms with Gasteiger partial charge in [-0.1, -0.05) is 0 Å². The van der Waals surface area contributed by atoms with Gasteiger partial charge in [-0.25, -0.2) is 8.78 Å². The number of ether oxygens (including phenoxy) is 2. The Kier molecular flexibility index (Phi) is 2.95. The number of aliphatic hydroxyl groups is 1. The maximum absolute atomic E-state index is 12.9. The van der Waals surface area contributed by atoms with Crippen LogP contribution in [-0.2, 0) is 5.60 Å². The second-order valence-corrected chi connectivity index (χ2v) is 4.44. The van der Waals surface area contributed by atoms with E-state index >= 15 is 0 Å². The topological polar surface area (TPSA) is 38.7 Å². The minimum atomic E-state index is -2.66. The van der Waals surface area contributed by atoms with Crippen molar-refractivity contribution in [3.05, 3.63) is 23.3 Å². The molecule has 0 radical (unpaired) electrons. The van der Waals surface area contributed by atoms with Crippen LogP contribution in [0.15, 0.2) is 12.1 Å². The number of benzene rings is 1. The van der Waals surface area contributed by atoms with Crippen molar-refractivity contribution in [3.63, 3.8) is 0 Å². The first-order valence-corrected chi connectivity index (χ1v) is 5.34. The molecule has 0 aromatic heterocycles. The minimum Gasteiger partial charge on any atom is -0.486 e. The summed E-state index contributed by atoms with van der Waals surface area (Å²) in [5.41, 5.74) is -1.40. The van der Waals surface area contributed by atoms with Crippen LogP contribution in [0.3, 0.4) is 0 Å². The summed E-state index contributed by atoms with van der Waals surface area (Å²) >= 11 is 0. The molecule has 0 atom stereocenters. The van der Waals surface area contributed by atoms with Gasteiger partial charge in [0.2, 0.25) is 0 Å². The number of hydrogen-bond donors (Lipinski definition) is 1. The largest absolute Gasteiger partial charge is 0.486 e. The van der Waals surface area contributed by atoms with Gasteiger partial charge < -0.3 is 14.6 Å². The highest BCUT2D eigenvalue weighted by molar-refractivity contribution is 5.50. The highest BCUT2D eigenvalue weighted by Crippen LogP contribution is 2.40. The van der Waals surface area contributed by atoms with E-state index in [9.17, 15) is 13.9 Å². The van der Waals surface area contributed by atoms with Crippen LogP contribution in [0, 0.1) is 0 Å². The summed E-state index contributed by atoms with van der Waals surface area (Å²) in [6, 6.07) is 2.67. The van der Waals surface area contributed by atoms with Crippen molar-refractivity contribution in [3.8, 4) is 11.5 Å². The molecule has 0 saturated heterocycles. The average Bonchev–Trinajstić information content (AvgIpc) is 2.26. The predicted molar refractivity (Wildman–Crippen MR) is 57.6 cm³/mol. The fraction of sp³-hybridized carbons (Fsp3) is 0.500. The van der Waals surface area contributed by atoms with Crippen LogP contribution in [0.5, 0.6) is 11.5 Å². The lowest BCUT2D eigenvalue weighted by molar-refractivity contribution is 0.0688. The van der Waals surface area contributed by atoms with Gasteiger partial charge in [-0.3, -0.25) is 0 Å². The van der Waals surface area contributed by atoms with Crippen LogP contribution in [-0.4, -0.2) is 18.3 Å². The van der Waals surface area contributed by atoms with E-state index in [0.717, 1.165) is 0 Å². The molecule has 1 N–H and O–H groups in total. The third-order valence-electron chi connectivity index (χ3n) is 2.61. The second-order valence-electron chi connectivity index (χ2n) is 4.44. The Bertz CT molecular complexity index is 424. The monoisotopic (exact) mass is 244 g/mol. The van der Waals surface area contributed by atoms with Crippen molar-refractivity contribution in [1.82, 2.24) is 0 Å². The van der Waals surface area contributed by atoms with E-state index in [4.69, 9.17) is 9.47 Å².